The van der Waals surface area contributed by atoms with Gasteiger partial charge in [-0.05, 0) is 53.8 Å². The van der Waals surface area contributed by atoms with Crippen molar-refractivity contribution in [1.29, 1.82) is 0 Å². The molecule has 7 heteroatoms. The molecule has 0 saturated heterocycles. The van der Waals surface area contributed by atoms with Crippen molar-refractivity contribution in [2.24, 2.45) is 0 Å². The monoisotopic (exact) mass is 437 g/mol. The molecule has 5 nitrogen and oxygen atoms in total. The van der Waals surface area contributed by atoms with Crippen LogP contribution in [-0.4, -0.2) is 15.7 Å². The number of amides is 1. The van der Waals surface area contributed by atoms with Crippen LogP contribution in [0.15, 0.2) is 72.4 Å². The quantitative estimate of drug-likeness (QED) is 0.398. The Labute approximate surface area is 183 Å². The Morgan fingerprint density at radius 1 is 1.17 bits per heavy atom. The van der Waals surface area contributed by atoms with Crippen LogP contribution in [-0.2, 0) is 13.2 Å². The topological polar surface area (TPSA) is 56.1 Å². The van der Waals surface area contributed by atoms with Crippen LogP contribution in [0.25, 0.3) is 0 Å². The molecule has 0 aliphatic heterocycles. The summed E-state index contributed by atoms with van der Waals surface area (Å²) in [6.45, 7) is 3.08. The van der Waals surface area contributed by atoms with E-state index >= 15 is 0 Å². The van der Waals surface area contributed by atoms with Crippen LogP contribution in [0, 0.1) is 6.92 Å². The first-order valence-corrected chi connectivity index (χ1v) is 10.7. The zero-order valence-electron chi connectivity index (χ0n) is 16.3. The van der Waals surface area contributed by atoms with E-state index in [-0.39, 0.29) is 5.91 Å². The summed E-state index contributed by atoms with van der Waals surface area (Å²) in [6, 6.07) is 17.5. The second kappa shape index (κ2) is 9.15. The molecule has 0 aliphatic rings. The van der Waals surface area contributed by atoms with Crippen LogP contribution in [0.4, 0.5) is 5.69 Å². The van der Waals surface area contributed by atoms with Crippen LogP contribution in [0.5, 0.6) is 5.75 Å². The maximum Gasteiger partial charge on any atom is 0.265 e. The minimum atomic E-state index is -0.131. The number of anilines is 1. The lowest BCUT2D eigenvalue weighted by Crippen LogP contribution is -2.10. The molecule has 30 heavy (non-hydrogen) atoms. The standard InChI is InChI=1S/C23H20ClN3O2S/c1-16-3-2-4-21(9-16)29-14-18-10-22(30-15-18)23(28)26-20-7-5-17(6-8-20)12-27-13-19(24)11-25-27/h2-11,13,15H,12,14H2,1H3,(H,26,28). The fourth-order valence-electron chi connectivity index (χ4n) is 2.94. The third kappa shape index (κ3) is 5.28. The van der Waals surface area contributed by atoms with Gasteiger partial charge in [-0.25, -0.2) is 0 Å². The molecule has 2 aromatic heterocycles. The highest BCUT2D eigenvalue weighted by Crippen LogP contribution is 2.20. The van der Waals surface area contributed by atoms with Crippen LogP contribution in [0.1, 0.15) is 26.4 Å². The van der Waals surface area contributed by atoms with Gasteiger partial charge in [0.25, 0.3) is 5.91 Å². The molecule has 152 valence electrons. The Morgan fingerprint density at radius 2 is 2.00 bits per heavy atom. The fourth-order valence-corrected chi connectivity index (χ4v) is 3.89. The molecular formula is C23H20ClN3O2S. The lowest BCUT2D eigenvalue weighted by molar-refractivity contribution is 0.103. The summed E-state index contributed by atoms with van der Waals surface area (Å²) in [5.41, 5.74) is 3.94. The number of nitrogens with zero attached hydrogens (tertiary/aromatic N) is 2. The highest BCUT2D eigenvalue weighted by Gasteiger charge is 2.10. The first kappa shape index (κ1) is 20.2. The Kier molecular flexibility index (Phi) is 6.16. The van der Waals surface area contributed by atoms with Crippen molar-refractivity contribution in [2.75, 3.05) is 5.32 Å². The molecule has 1 amide bonds. The number of rotatable bonds is 7. The maximum atomic E-state index is 12.6. The second-order valence-corrected chi connectivity index (χ2v) is 8.28. The van der Waals surface area contributed by atoms with Gasteiger partial charge in [0.15, 0.2) is 0 Å². The number of hydrogen-bond acceptors (Lipinski definition) is 4. The summed E-state index contributed by atoms with van der Waals surface area (Å²) in [7, 11) is 0. The summed E-state index contributed by atoms with van der Waals surface area (Å²) < 4.78 is 7.57. The molecule has 4 aromatic rings. The van der Waals surface area contributed by atoms with E-state index in [9.17, 15) is 4.79 Å². The molecule has 0 radical (unpaired) electrons. The van der Waals surface area contributed by atoms with E-state index in [1.807, 2.05) is 66.9 Å². The fraction of sp³-hybridized carbons (Fsp3) is 0.130. The van der Waals surface area contributed by atoms with Gasteiger partial charge in [-0.3, -0.25) is 9.48 Å². The molecule has 2 heterocycles. The van der Waals surface area contributed by atoms with Gasteiger partial charge < -0.3 is 10.1 Å². The highest BCUT2D eigenvalue weighted by atomic mass is 35.5. The zero-order chi connectivity index (χ0) is 20.9. The second-order valence-electron chi connectivity index (χ2n) is 6.93. The molecule has 0 bridgehead atoms. The van der Waals surface area contributed by atoms with Gasteiger partial charge in [0, 0.05) is 17.4 Å². The van der Waals surface area contributed by atoms with E-state index in [0.29, 0.717) is 23.1 Å². The smallest absolute Gasteiger partial charge is 0.265 e. The van der Waals surface area contributed by atoms with Crippen LogP contribution in [0.2, 0.25) is 5.02 Å². The Morgan fingerprint density at radius 3 is 2.73 bits per heavy atom. The minimum Gasteiger partial charge on any atom is -0.489 e. The number of carbonyl (C=O) groups excluding carboxylic acids is 1. The molecule has 0 saturated carbocycles. The van der Waals surface area contributed by atoms with Gasteiger partial charge in [0.2, 0.25) is 0 Å². The average molecular weight is 438 g/mol. The molecule has 0 fully saturated rings. The first-order valence-electron chi connectivity index (χ1n) is 9.40. The van der Waals surface area contributed by atoms with Gasteiger partial charge in [-0.1, -0.05) is 35.9 Å². The summed E-state index contributed by atoms with van der Waals surface area (Å²) in [5, 5.41) is 9.66. The van der Waals surface area contributed by atoms with Crippen molar-refractivity contribution in [3.05, 3.63) is 99.0 Å². The lowest BCUT2D eigenvalue weighted by atomic mass is 10.2. The van der Waals surface area contributed by atoms with Crippen molar-refractivity contribution < 1.29 is 9.53 Å². The summed E-state index contributed by atoms with van der Waals surface area (Å²) in [6.07, 6.45) is 3.38. The first-order chi connectivity index (χ1) is 14.5. The van der Waals surface area contributed by atoms with Gasteiger partial charge in [0.1, 0.15) is 12.4 Å². The van der Waals surface area contributed by atoms with E-state index in [1.165, 1.54) is 11.3 Å². The van der Waals surface area contributed by atoms with Crippen molar-refractivity contribution >= 4 is 34.5 Å². The number of carbonyl (C=O) groups is 1. The van der Waals surface area contributed by atoms with Crippen LogP contribution in [0.3, 0.4) is 0 Å². The third-order valence-corrected chi connectivity index (χ3v) is 5.60. The lowest BCUT2D eigenvalue weighted by Gasteiger charge is -2.06. The van der Waals surface area contributed by atoms with E-state index in [0.717, 1.165) is 28.1 Å². The van der Waals surface area contributed by atoms with Crippen LogP contribution < -0.4 is 10.1 Å². The normalized spacial score (nSPS) is 10.7. The third-order valence-electron chi connectivity index (χ3n) is 4.43. The van der Waals surface area contributed by atoms with Gasteiger partial charge in [0.05, 0.1) is 22.6 Å². The molecule has 0 spiro atoms. The number of hydrogen-bond donors (Lipinski definition) is 1. The molecule has 0 aliphatic carbocycles. The predicted octanol–water partition coefficient (Wildman–Crippen LogP) is 5.79. The molecular weight excluding hydrogens is 418 g/mol. The predicted molar refractivity (Wildman–Crippen MR) is 121 cm³/mol. The summed E-state index contributed by atoms with van der Waals surface area (Å²) in [5.74, 6) is 0.693. The Hall–Kier alpha value is -3.09. The zero-order valence-corrected chi connectivity index (χ0v) is 17.9. The van der Waals surface area contributed by atoms with E-state index in [4.69, 9.17) is 16.3 Å². The average Bonchev–Trinajstić information content (AvgIpc) is 3.37. The van der Waals surface area contributed by atoms with Gasteiger partial charge in [-0.15, -0.1) is 11.3 Å². The van der Waals surface area contributed by atoms with Crippen molar-refractivity contribution in [1.82, 2.24) is 9.78 Å². The number of halogens is 1. The number of benzene rings is 2. The van der Waals surface area contributed by atoms with E-state index < -0.39 is 0 Å². The summed E-state index contributed by atoms with van der Waals surface area (Å²) in [4.78, 5) is 13.2. The molecule has 2 aromatic carbocycles. The van der Waals surface area contributed by atoms with Gasteiger partial charge >= 0.3 is 0 Å². The van der Waals surface area contributed by atoms with E-state index in [2.05, 4.69) is 10.4 Å². The Balaban J connectivity index is 1.32. The maximum absolute atomic E-state index is 12.6. The number of thiophene rings is 1. The van der Waals surface area contributed by atoms with Crippen molar-refractivity contribution in [2.45, 2.75) is 20.1 Å². The SMILES string of the molecule is Cc1cccc(OCc2csc(C(=O)Nc3ccc(Cn4cc(Cl)cn4)cc3)c2)c1. The van der Waals surface area contributed by atoms with Crippen molar-refractivity contribution in [3.8, 4) is 5.75 Å². The van der Waals surface area contributed by atoms with Gasteiger partial charge in [-0.2, -0.15) is 5.10 Å². The minimum absolute atomic E-state index is 0.131. The molecule has 0 atom stereocenters. The highest BCUT2D eigenvalue weighted by molar-refractivity contribution is 7.12. The molecule has 1 N–H and O–H groups in total. The summed E-state index contributed by atoms with van der Waals surface area (Å²) >= 11 is 7.29. The number of aryl methyl sites for hydroxylation is 1. The molecule has 4 rings (SSSR count). The van der Waals surface area contributed by atoms with Crippen LogP contribution >= 0.6 is 22.9 Å². The number of nitrogens with one attached hydrogen (secondary N) is 1. The van der Waals surface area contributed by atoms with Crippen molar-refractivity contribution in [3.63, 3.8) is 0 Å². The number of aromatic nitrogens is 2. The van der Waals surface area contributed by atoms with E-state index in [1.54, 1.807) is 17.1 Å². The molecule has 0 unspecified atom stereocenters. The largest absolute Gasteiger partial charge is 0.489 e. The Bertz CT molecular complexity index is 1150. The number of ether oxygens (including phenoxy) is 1.